The molecule has 1 heterocycles. The number of hydrogen-bond donors (Lipinski definition) is 1. The van der Waals surface area contributed by atoms with Crippen LogP contribution in [0, 0.1) is 0 Å². The third-order valence-electron chi connectivity index (χ3n) is 3.82. The molecule has 0 aliphatic carbocycles. The second-order valence-corrected chi connectivity index (χ2v) is 5.41. The maximum Gasteiger partial charge on any atom is 0.123 e. The van der Waals surface area contributed by atoms with E-state index in [-0.39, 0.29) is 0 Å². The molecule has 0 aromatic heterocycles. The van der Waals surface area contributed by atoms with Gasteiger partial charge in [0.2, 0.25) is 0 Å². The first-order valence-corrected chi connectivity index (χ1v) is 6.92. The van der Waals surface area contributed by atoms with Gasteiger partial charge in [0.1, 0.15) is 5.75 Å². The van der Waals surface area contributed by atoms with Crippen molar-refractivity contribution in [2.45, 2.75) is 19.0 Å². The van der Waals surface area contributed by atoms with Crippen LogP contribution in [-0.4, -0.2) is 50.6 Å². The number of hydrogen-bond acceptors (Lipinski definition) is 4. The van der Waals surface area contributed by atoms with Crippen LogP contribution in [-0.2, 0) is 6.54 Å². The van der Waals surface area contributed by atoms with E-state index in [1.165, 1.54) is 17.5 Å². The SMILES string of the molecule is COc1cccc2c1CN(CCCN(C)C)C2CN. The van der Waals surface area contributed by atoms with E-state index in [1.807, 2.05) is 6.07 Å². The largest absolute Gasteiger partial charge is 0.496 e. The van der Waals surface area contributed by atoms with Crippen molar-refractivity contribution in [1.82, 2.24) is 9.80 Å². The van der Waals surface area contributed by atoms with E-state index in [2.05, 4.69) is 36.0 Å². The fourth-order valence-corrected chi connectivity index (χ4v) is 2.87. The minimum Gasteiger partial charge on any atom is -0.496 e. The van der Waals surface area contributed by atoms with Crippen molar-refractivity contribution in [3.63, 3.8) is 0 Å². The summed E-state index contributed by atoms with van der Waals surface area (Å²) in [6.45, 7) is 3.82. The van der Waals surface area contributed by atoms with Gasteiger partial charge in [-0.2, -0.15) is 0 Å². The highest BCUT2D eigenvalue weighted by molar-refractivity contribution is 5.44. The van der Waals surface area contributed by atoms with Crippen molar-refractivity contribution in [3.8, 4) is 5.75 Å². The Kier molecular flexibility index (Phi) is 4.80. The highest BCUT2D eigenvalue weighted by Crippen LogP contribution is 2.37. The van der Waals surface area contributed by atoms with Gasteiger partial charge in [0.05, 0.1) is 7.11 Å². The zero-order valence-corrected chi connectivity index (χ0v) is 12.2. The van der Waals surface area contributed by atoms with Gasteiger partial charge in [-0.05, 0) is 38.7 Å². The van der Waals surface area contributed by atoms with Gasteiger partial charge in [-0.25, -0.2) is 0 Å². The number of nitrogens with two attached hydrogens (primary N) is 1. The highest BCUT2D eigenvalue weighted by Gasteiger charge is 2.30. The summed E-state index contributed by atoms with van der Waals surface area (Å²) in [5.41, 5.74) is 8.62. The molecule has 0 radical (unpaired) electrons. The van der Waals surface area contributed by atoms with Gasteiger partial charge in [0.25, 0.3) is 0 Å². The molecular weight excluding hydrogens is 238 g/mol. The van der Waals surface area contributed by atoms with Crippen LogP contribution >= 0.6 is 0 Å². The Morgan fingerprint density at radius 3 is 2.84 bits per heavy atom. The normalized spacial score (nSPS) is 18.9. The van der Waals surface area contributed by atoms with Gasteiger partial charge in [0, 0.05) is 31.2 Å². The predicted octanol–water partition coefficient (Wildman–Crippen LogP) is 1.46. The van der Waals surface area contributed by atoms with Gasteiger partial charge in [-0.1, -0.05) is 12.1 Å². The van der Waals surface area contributed by atoms with E-state index < -0.39 is 0 Å². The molecule has 2 rings (SSSR count). The summed E-state index contributed by atoms with van der Waals surface area (Å²) in [4.78, 5) is 4.69. The van der Waals surface area contributed by atoms with E-state index in [0.717, 1.165) is 25.4 Å². The molecule has 0 fully saturated rings. The van der Waals surface area contributed by atoms with Crippen molar-refractivity contribution in [2.24, 2.45) is 5.73 Å². The van der Waals surface area contributed by atoms with Crippen molar-refractivity contribution in [1.29, 1.82) is 0 Å². The number of fused-ring (bicyclic) bond motifs is 1. The number of nitrogens with zero attached hydrogens (tertiary/aromatic N) is 2. The molecule has 4 nitrogen and oxygen atoms in total. The van der Waals surface area contributed by atoms with Crippen LogP contribution in [0.3, 0.4) is 0 Å². The lowest BCUT2D eigenvalue weighted by Gasteiger charge is -2.24. The summed E-state index contributed by atoms with van der Waals surface area (Å²) >= 11 is 0. The second-order valence-electron chi connectivity index (χ2n) is 5.41. The molecule has 1 aliphatic heterocycles. The van der Waals surface area contributed by atoms with Crippen LogP contribution in [0.15, 0.2) is 18.2 Å². The van der Waals surface area contributed by atoms with Gasteiger partial charge in [-0.15, -0.1) is 0 Å². The summed E-state index contributed by atoms with van der Waals surface area (Å²) in [6.07, 6.45) is 1.17. The summed E-state index contributed by atoms with van der Waals surface area (Å²) in [5, 5.41) is 0. The second kappa shape index (κ2) is 6.37. The number of methoxy groups -OCH3 is 1. The highest BCUT2D eigenvalue weighted by atomic mass is 16.5. The first-order chi connectivity index (χ1) is 9.17. The number of rotatable bonds is 6. The Labute approximate surface area is 116 Å². The maximum atomic E-state index is 5.97. The van der Waals surface area contributed by atoms with E-state index >= 15 is 0 Å². The number of ether oxygens (including phenoxy) is 1. The molecule has 0 bridgehead atoms. The lowest BCUT2D eigenvalue weighted by molar-refractivity contribution is 0.207. The summed E-state index contributed by atoms with van der Waals surface area (Å²) in [5.74, 6) is 0.992. The fourth-order valence-electron chi connectivity index (χ4n) is 2.87. The lowest BCUT2D eigenvalue weighted by Crippen LogP contribution is -2.30. The lowest BCUT2D eigenvalue weighted by atomic mass is 10.0. The Bertz CT molecular complexity index is 420. The summed E-state index contributed by atoms with van der Waals surface area (Å²) in [7, 11) is 5.96. The van der Waals surface area contributed by atoms with Crippen LogP contribution in [0.25, 0.3) is 0 Å². The fraction of sp³-hybridized carbons (Fsp3) is 0.600. The maximum absolute atomic E-state index is 5.97. The first-order valence-electron chi connectivity index (χ1n) is 6.92. The molecule has 19 heavy (non-hydrogen) atoms. The topological polar surface area (TPSA) is 41.7 Å². The molecule has 0 saturated carbocycles. The van der Waals surface area contributed by atoms with E-state index in [4.69, 9.17) is 10.5 Å². The first kappa shape index (κ1) is 14.3. The van der Waals surface area contributed by atoms with Crippen molar-refractivity contribution in [2.75, 3.05) is 40.8 Å². The van der Waals surface area contributed by atoms with Crippen LogP contribution in [0.4, 0.5) is 0 Å². The van der Waals surface area contributed by atoms with Crippen LogP contribution in [0.2, 0.25) is 0 Å². The predicted molar refractivity (Wildman–Crippen MR) is 78.4 cm³/mol. The third-order valence-corrected chi connectivity index (χ3v) is 3.82. The average molecular weight is 263 g/mol. The molecule has 106 valence electrons. The minimum atomic E-state index is 0.340. The monoisotopic (exact) mass is 263 g/mol. The molecule has 1 atom stereocenters. The Morgan fingerprint density at radius 2 is 2.21 bits per heavy atom. The summed E-state index contributed by atoms with van der Waals surface area (Å²) < 4.78 is 5.47. The molecule has 1 aromatic carbocycles. The molecule has 1 aromatic rings. The smallest absolute Gasteiger partial charge is 0.123 e. The van der Waals surface area contributed by atoms with Gasteiger partial charge in [-0.3, -0.25) is 4.90 Å². The standard InChI is InChI=1S/C15H25N3O/c1-17(2)8-5-9-18-11-13-12(14(18)10-16)6-4-7-15(13)19-3/h4,6-7,14H,5,8-11,16H2,1-3H3. The molecule has 2 N–H and O–H groups in total. The van der Waals surface area contributed by atoms with Gasteiger partial charge in [0.15, 0.2) is 0 Å². The molecular formula is C15H25N3O. The molecule has 0 amide bonds. The third kappa shape index (κ3) is 3.08. The zero-order chi connectivity index (χ0) is 13.8. The quantitative estimate of drug-likeness (QED) is 0.844. The van der Waals surface area contributed by atoms with E-state index in [9.17, 15) is 0 Å². The van der Waals surface area contributed by atoms with Gasteiger partial charge >= 0.3 is 0 Å². The van der Waals surface area contributed by atoms with Crippen LogP contribution in [0.1, 0.15) is 23.6 Å². The van der Waals surface area contributed by atoms with Gasteiger partial charge < -0.3 is 15.4 Å². The molecule has 1 aliphatic rings. The van der Waals surface area contributed by atoms with E-state index in [0.29, 0.717) is 12.6 Å². The molecule has 4 heteroatoms. The molecule has 1 unspecified atom stereocenters. The van der Waals surface area contributed by atoms with Crippen LogP contribution < -0.4 is 10.5 Å². The Hall–Kier alpha value is -1.10. The van der Waals surface area contributed by atoms with Crippen molar-refractivity contribution >= 4 is 0 Å². The zero-order valence-electron chi connectivity index (χ0n) is 12.2. The minimum absolute atomic E-state index is 0.340. The Morgan fingerprint density at radius 1 is 1.42 bits per heavy atom. The molecule has 0 spiro atoms. The van der Waals surface area contributed by atoms with E-state index in [1.54, 1.807) is 7.11 Å². The Balaban J connectivity index is 2.09. The van der Waals surface area contributed by atoms with Crippen LogP contribution in [0.5, 0.6) is 5.75 Å². The number of benzene rings is 1. The summed E-state index contributed by atoms with van der Waals surface area (Å²) in [6, 6.07) is 6.62. The molecule has 0 saturated heterocycles. The van der Waals surface area contributed by atoms with Crippen molar-refractivity contribution in [3.05, 3.63) is 29.3 Å². The van der Waals surface area contributed by atoms with Crippen molar-refractivity contribution < 1.29 is 4.74 Å². The average Bonchev–Trinajstić information content (AvgIpc) is 2.75.